The molecule has 2 saturated carbocycles. The summed E-state index contributed by atoms with van der Waals surface area (Å²) in [6.07, 6.45) is 5.40. The fourth-order valence-corrected chi connectivity index (χ4v) is 3.53. The summed E-state index contributed by atoms with van der Waals surface area (Å²) in [5, 5.41) is 0. The molecule has 0 bridgehead atoms. The van der Waals surface area contributed by atoms with E-state index < -0.39 is 0 Å². The van der Waals surface area contributed by atoms with Gasteiger partial charge in [0.2, 0.25) is 0 Å². The first-order chi connectivity index (χ1) is 5.77. The van der Waals surface area contributed by atoms with Crippen molar-refractivity contribution < 1.29 is 0 Å². The Balaban J connectivity index is 1.59. The molecular weight excluding hydrogens is 208 g/mol. The van der Waals surface area contributed by atoms with E-state index in [2.05, 4.69) is 27.9 Å². The van der Waals surface area contributed by atoms with Gasteiger partial charge in [-0.3, -0.25) is 0 Å². The molecule has 0 saturated heterocycles. The van der Waals surface area contributed by atoms with Gasteiger partial charge in [-0.15, -0.1) is 0 Å². The van der Waals surface area contributed by atoms with Gasteiger partial charge < -0.3 is 0 Å². The van der Waals surface area contributed by atoms with Gasteiger partial charge in [0.1, 0.15) is 0 Å². The Morgan fingerprint density at radius 1 is 1.08 bits per heavy atom. The minimum absolute atomic E-state index is 0.735. The summed E-state index contributed by atoms with van der Waals surface area (Å²) in [5.74, 6) is 0. The highest BCUT2D eigenvalue weighted by atomic mass is 33.1. The molecule has 0 amide bonds. The average Bonchev–Trinajstić information content (AvgIpc) is 2.91. The summed E-state index contributed by atoms with van der Waals surface area (Å²) in [6.45, 7) is 0. The van der Waals surface area contributed by atoms with E-state index in [0.29, 0.717) is 0 Å². The van der Waals surface area contributed by atoms with Crippen LogP contribution >= 0.6 is 34.8 Å². The summed E-state index contributed by atoms with van der Waals surface area (Å²) >= 11 is 4.40. The van der Waals surface area contributed by atoms with Gasteiger partial charge >= 0.3 is 0 Å². The van der Waals surface area contributed by atoms with Gasteiger partial charge in [0.05, 0.1) is 0 Å². The van der Waals surface area contributed by atoms with Crippen LogP contribution < -0.4 is 0 Å². The summed E-state index contributed by atoms with van der Waals surface area (Å²) in [5.41, 5.74) is 0. The van der Waals surface area contributed by atoms with Gasteiger partial charge in [0.15, 0.2) is 0 Å². The number of rotatable bonds is 5. The average molecular weight is 222 g/mol. The Morgan fingerprint density at radius 2 is 1.67 bits per heavy atom. The zero-order valence-corrected chi connectivity index (χ0v) is 9.67. The Hall–Kier alpha value is 0.970. The quantitative estimate of drug-likeness (QED) is 0.434. The van der Waals surface area contributed by atoms with E-state index in [4.69, 9.17) is 0 Å². The molecule has 0 aliphatic heterocycles. The maximum absolute atomic E-state index is 4.40. The zero-order chi connectivity index (χ0) is 8.55. The van der Waals surface area contributed by atoms with Crippen LogP contribution in [0.5, 0.6) is 0 Å². The topological polar surface area (TPSA) is 6.48 Å². The molecule has 12 heavy (non-hydrogen) atoms. The van der Waals surface area contributed by atoms with E-state index in [1.54, 1.807) is 11.0 Å². The van der Waals surface area contributed by atoms with Crippen molar-refractivity contribution in [1.82, 2.24) is 8.02 Å². The third-order valence-electron chi connectivity index (χ3n) is 2.15. The zero-order valence-electron chi connectivity index (χ0n) is 7.14. The van der Waals surface area contributed by atoms with Crippen molar-refractivity contribution in [2.45, 2.75) is 37.8 Å². The van der Waals surface area contributed by atoms with Gasteiger partial charge in [0.25, 0.3) is 0 Å². The molecule has 5 heteroatoms. The predicted molar refractivity (Wildman–Crippen MR) is 59.8 cm³/mol. The molecule has 2 nitrogen and oxygen atoms in total. The minimum Gasteiger partial charge on any atom is -0.240 e. The molecular formula is C7H14N2S3. The fraction of sp³-hybridized carbons (Fsp3) is 1.00. The smallest absolute Gasteiger partial charge is 0.0322 e. The normalized spacial score (nSPS) is 24.0. The van der Waals surface area contributed by atoms with Gasteiger partial charge in [-0.2, -0.15) is 3.71 Å². The lowest BCUT2D eigenvalue weighted by atomic mass is 10.7. The van der Waals surface area contributed by atoms with Crippen LogP contribution in [0.15, 0.2) is 0 Å². The molecule has 0 aromatic heterocycles. The summed E-state index contributed by atoms with van der Waals surface area (Å²) in [6, 6.07) is 1.57. The first kappa shape index (κ1) is 9.52. The monoisotopic (exact) mass is 222 g/mol. The van der Waals surface area contributed by atoms with Crippen molar-refractivity contribution in [3.8, 4) is 0 Å². The Bertz CT molecular complexity index is 141. The molecule has 2 aliphatic carbocycles. The Kier molecular flexibility index (Phi) is 3.18. The molecule has 0 spiro atoms. The van der Waals surface area contributed by atoms with Gasteiger partial charge in [-0.05, 0) is 32.7 Å². The highest BCUT2D eigenvalue weighted by Crippen LogP contribution is 2.42. The summed E-state index contributed by atoms with van der Waals surface area (Å²) in [4.78, 5) is 0. The van der Waals surface area contributed by atoms with Crippen LogP contribution in [0.4, 0.5) is 0 Å². The molecule has 70 valence electrons. The van der Waals surface area contributed by atoms with E-state index in [1.807, 2.05) is 11.0 Å². The largest absolute Gasteiger partial charge is 0.240 e. The third-order valence-corrected chi connectivity index (χ3v) is 5.49. The summed E-state index contributed by atoms with van der Waals surface area (Å²) < 4.78 is 4.43. The van der Waals surface area contributed by atoms with Crippen LogP contribution in [-0.2, 0) is 0 Å². The van der Waals surface area contributed by atoms with Crippen molar-refractivity contribution >= 4 is 34.8 Å². The van der Waals surface area contributed by atoms with E-state index in [9.17, 15) is 0 Å². The van der Waals surface area contributed by atoms with Crippen molar-refractivity contribution in [3.63, 3.8) is 0 Å². The second kappa shape index (κ2) is 4.00. The van der Waals surface area contributed by atoms with Crippen LogP contribution in [0, 0.1) is 0 Å². The number of nitrogens with zero attached hydrogens (tertiary/aromatic N) is 2. The number of hydrogen-bond donors (Lipinski definition) is 1. The Labute approximate surface area is 87.6 Å². The molecule has 2 fully saturated rings. The predicted octanol–water partition coefficient (Wildman–Crippen LogP) is 2.60. The molecule has 0 aromatic rings. The molecule has 2 aliphatic rings. The van der Waals surface area contributed by atoms with Gasteiger partial charge in [0, 0.05) is 34.0 Å². The van der Waals surface area contributed by atoms with Crippen molar-refractivity contribution in [3.05, 3.63) is 0 Å². The van der Waals surface area contributed by atoms with E-state index >= 15 is 0 Å². The number of thiol groups is 1. The lowest BCUT2D eigenvalue weighted by Gasteiger charge is -2.17. The van der Waals surface area contributed by atoms with Gasteiger partial charge in [-0.25, -0.2) is 4.31 Å². The van der Waals surface area contributed by atoms with Crippen LogP contribution in [0.3, 0.4) is 0 Å². The SMILES string of the molecule is CN(SSN(S)C1CC1)C1CC1. The van der Waals surface area contributed by atoms with E-state index in [0.717, 1.165) is 12.1 Å². The fourth-order valence-electron chi connectivity index (χ4n) is 0.942. The molecule has 0 unspecified atom stereocenters. The lowest BCUT2D eigenvalue weighted by Crippen LogP contribution is -2.12. The second-order valence-corrected chi connectivity index (χ2v) is 6.32. The van der Waals surface area contributed by atoms with Crippen LogP contribution in [0.2, 0.25) is 0 Å². The van der Waals surface area contributed by atoms with Crippen molar-refractivity contribution in [2.24, 2.45) is 0 Å². The highest BCUT2D eigenvalue weighted by Gasteiger charge is 2.31. The van der Waals surface area contributed by atoms with Gasteiger partial charge in [-0.1, -0.05) is 12.8 Å². The molecule has 0 atom stereocenters. The third kappa shape index (κ3) is 2.73. The molecule has 0 heterocycles. The molecule has 2 rings (SSSR count). The van der Waals surface area contributed by atoms with Crippen molar-refractivity contribution in [2.75, 3.05) is 7.05 Å². The Morgan fingerprint density at radius 3 is 2.17 bits per heavy atom. The number of hydrogen-bond acceptors (Lipinski definition) is 5. The highest BCUT2D eigenvalue weighted by molar-refractivity contribution is 8.75. The molecule has 0 aromatic carbocycles. The standard InChI is InChI=1S/C7H14N2S3/c1-8(6-2-3-6)11-12-9(10)7-4-5-7/h6-7,10H,2-5H2,1H3. The first-order valence-corrected chi connectivity index (χ1v) is 6.79. The van der Waals surface area contributed by atoms with Crippen LogP contribution in [0.25, 0.3) is 0 Å². The van der Waals surface area contributed by atoms with Crippen LogP contribution in [-0.4, -0.2) is 27.1 Å². The summed E-state index contributed by atoms with van der Waals surface area (Å²) in [7, 11) is 5.76. The first-order valence-electron chi connectivity index (χ1n) is 4.33. The van der Waals surface area contributed by atoms with Crippen LogP contribution in [0.1, 0.15) is 25.7 Å². The molecule has 0 radical (unpaired) electrons. The van der Waals surface area contributed by atoms with Crippen molar-refractivity contribution in [1.29, 1.82) is 0 Å². The maximum atomic E-state index is 4.40. The van der Waals surface area contributed by atoms with E-state index in [-0.39, 0.29) is 0 Å². The lowest BCUT2D eigenvalue weighted by molar-refractivity contribution is 0.564. The van der Waals surface area contributed by atoms with E-state index in [1.165, 1.54) is 25.7 Å². The molecule has 0 N–H and O–H groups in total. The minimum atomic E-state index is 0.735. The maximum Gasteiger partial charge on any atom is 0.0322 e. The second-order valence-electron chi connectivity index (χ2n) is 3.46.